The van der Waals surface area contributed by atoms with Gasteiger partial charge < -0.3 is 30.3 Å². The van der Waals surface area contributed by atoms with Gasteiger partial charge in [-0.1, -0.05) is 18.2 Å². The van der Waals surface area contributed by atoms with Gasteiger partial charge in [-0.2, -0.15) is 0 Å². The van der Waals surface area contributed by atoms with Crippen LogP contribution in [0.1, 0.15) is 42.3 Å². The first kappa shape index (κ1) is 37.6. The number of carboxylic acids is 2. The first-order chi connectivity index (χ1) is 25.0. The summed E-state index contributed by atoms with van der Waals surface area (Å²) < 4.78 is 23.6. The molecule has 2 amide bonds. The summed E-state index contributed by atoms with van der Waals surface area (Å²) >= 11 is 5.07. The SMILES string of the molecule is COc1ccc(C=CC(=O)Nc2scc(-c3cccs3)c2C(=O)O)cc1OC.Cc1csc(-c2csc(NC(=O)c3cccc(F)c3)c2C(=O)O)n1. The minimum Gasteiger partial charge on any atom is -0.493 e. The van der Waals surface area contributed by atoms with E-state index in [4.69, 9.17) is 9.47 Å². The molecular formula is C36H28FN3O8S4. The Hall–Kier alpha value is -5.68. The van der Waals surface area contributed by atoms with Crippen LogP contribution in [0.25, 0.3) is 27.1 Å². The first-order valence-corrected chi connectivity index (χ1v) is 18.4. The number of halogens is 1. The lowest BCUT2D eigenvalue weighted by Crippen LogP contribution is -2.13. The standard InChI is InChI=1S/C20H17NO5S2.C16H11FN2O3S2/c1-25-14-7-5-12(10-15(14)26-2)6-8-17(22)21-19-18(20(23)24)13(11-28-19)16-4-3-9-27-16;1-8-6-23-14(18-8)11-7-24-15(12(11)16(21)22)19-13(20)9-3-2-4-10(17)5-9/h3-11H,1-2H3,(H,21,22)(H,23,24);2-7H,1H3,(H,19,20)(H,21,22). The third kappa shape index (κ3) is 8.96. The molecule has 0 unspecified atom stereocenters. The molecule has 0 aliphatic rings. The van der Waals surface area contributed by atoms with E-state index >= 15 is 0 Å². The Morgan fingerprint density at radius 1 is 0.788 bits per heavy atom. The highest BCUT2D eigenvalue weighted by Crippen LogP contribution is 2.39. The molecule has 0 radical (unpaired) electrons. The number of anilines is 2. The number of ether oxygens (including phenoxy) is 2. The summed E-state index contributed by atoms with van der Waals surface area (Å²) in [6.07, 6.45) is 2.96. The molecule has 0 bridgehead atoms. The molecule has 0 atom stereocenters. The number of carboxylic acid groups (broad SMARTS) is 2. The third-order valence-corrected chi connectivity index (χ3v) is 10.7. The summed E-state index contributed by atoms with van der Waals surface area (Å²) in [7, 11) is 3.08. The van der Waals surface area contributed by atoms with Crippen LogP contribution < -0.4 is 20.1 Å². The lowest BCUT2D eigenvalue weighted by Gasteiger charge is -2.07. The number of nitrogens with one attached hydrogen (secondary N) is 2. The Labute approximate surface area is 312 Å². The number of carbonyl (C=O) groups is 4. The second-order valence-corrected chi connectivity index (χ2v) is 14.1. The van der Waals surface area contributed by atoms with E-state index in [1.807, 2.05) is 29.8 Å². The van der Waals surface area contributed by atoms with E-state index in [0.29, 0.717) is 32.6 Å². The summed E-state index contributed by atoms with van der Waals surface area (Å²) in [4.78, 5) is 53.0. The molecule has 0 saturated heterocycles. The van der Waals surface area contributed by atoms with Crippen molar-refractivity contribution in [2.24, 2.45) is 0 Å². The van der Waals surface area contributed by atoms with E-state index in [1.165, 1.54) is 65.4 Å². The Morgan fingerprint density at radius 2 is 1.48 bits per heavy atom. The monoisotopic (exact) mass is 777 g/mol. The number of aromatic carboxylic acids is 2. The van der Waals surface area contributed by atoms with Crippen LogP contribution in [-0.4, -0.2) is 53.2 Å². The number of aromatic nitrogens is 1. The second kappa shape index (κ2) is 17.0. The maximum atomic E-state index is 13.2. The molecule has 6 rings (SSSR count). The molecule has 52 heavy (non-hydrogen) atoms. The zero-order valence-electron chi connectivity index (χ0n) is 27.5. The summed E-state index contributed by atoms with van der Waals surface area (Å²) in [5, 5.41) is 32.4. The van der Waals surface area contributed by atoms with Crippen LogP contribution >= 0.6 is 45.3 Å². The van der Waals surface area contributed by atoms with Crippen molar-refractivity contribution in [1.82, 2.24) is 4.98 Å². The van der Waals surface area contributed by atoms with Gasteiger partial charge in [-0.25, -0.2) is 19.0 Å². The summed E-state index contributed by atoms with van der Waals surface area (Å²) in [6.45, 7) is 1.82. The lowest BCUT2D eigenvalue weighted by atomic mass is 10.1. The van der Waals surface area contributed by atoms with Crippen molar-refractivity contribution >= 4 is 85.2 Å². The van der Waals surface area contributed by atoms with Crippen molar-refractivity contribution < 1.29 is 43.3 Å². The van der Waals surface area contributed by atoms with Crippen molar-refractivity contribution in [1.29, 1.82) is 0 Å². The molecule has 6 aromatic rings. The van der Waals surface area contributed by atoms with Gasteiger partial charge >= 0.3 is 11.9 Å². The highest BCUT2D eigenvalue weighted by Gasteiger charge is 2.24. The number of benzene rings is 2. The maximum Gasteiger partial charge on any atom is 0.339 e. The average Bonchev–Trinajstić information content (AvgIpc) is 3.95. The molecule has 0 aliphatic heterocycles. The number of carbonyl (C=O) groups excluding carboxylic acids is 2. The fraction of sp³-hybridized carbons (Fsp3) is 0.0833. The summed E-state index contributed by atoms with van der Waals surface area (Å²) in [5.74, 6) is -2.62. The van der Waals surface area contributed by atoms with Gasteiger partial charge in [0, 0.05) is 49.5 Å². The molecule has 0 saturated carbocycles. The Bertz CT molecular complexity index is 2270. The highest BCUT2D eigenvalue weighted by molar-refractivity contribution is 7.17. The zero-order valence-corrected chi connectivity index (χ0v) is 30.7. The molecule has 16 heteroatoms. The van der Waals surface area contributed by atoms with E-state index in [0.717, 1.165) is 33.5 Å². The first-order valence-electron chi connectivity index (χ1n) is 14.9. The predicted molar refractivity (Wildman–Crippen MR) is 203 cm³/mol. The van der Waals surface area contributed by atoms with Gasteiger partial charge in [-0.15, -0.1) is 45.3 Å². The number of rotatable bonds is 11. The largest absolute Gasteiger partial charge is 0.493 e. The fourth-order valence-corrected chi connectivity index (χ4v) is 8.26. The van der Waals surface area contributed by atoms with Crippen molar-refractivity contribution in [3.63, 3.8) is 0 Å². The van der Waals surface area contributed by atoms with Gasteiger partial charge in [0.05, 0.1) is 14.2 Å². The molecule has 4 N–H and O–H groups in total. The van der Waals surface area contributed by atoms with Crippen molar-refractivity contribution in [3.05, 3.63) is 116 Å². The smallest absolute Gasteiger partial charge is 0.339 e. The number of hydrogen-bond donors (Lipinski definition) is 4. The third-order valence-electron chi connectivity index (χ3n) is 7.03. The minimum absolute atomic E-state index is 0.0147. The quantitative estimate of drug-likeness (QED) is 0.0940. The molecule has 4 heterocycles. The average molecular weight is 778 g/mol. The number of thiophene rings is 3. The van der Waals surface area contributed by atoms with Gasteiger partial charge in [-0.3, -0.25) is 9.59 Å². The predicted octanol–water partition coefficient (Wildman–Crippen LogP) is 9.11. The van der Waals surface area contributed by atoms with Gasteiger partial charge in [0.25, 0.3) is 5.91 Å². The summed E-state index contributed by atoms with van der Waals surface area (Å²) in [5.41, 5.74) is 2.80. The van der Waals surface area contributed by atoms with E-state index in [2.05, 4.69) is 15.6 Å². The fourth-order valence-electron chi connectivity index (χ4n) is 4.66. The van der Waals surface area contributed by atoms with Gasteiger partial charge in [0.2, 0.25) is 5.91 Å². The summed E-state index contributed by atoms with van der Waals surface area (Å²) in [6, 6.07) is 14.2. The van der Waals surface area contributed by atoms with Crippen LogP contribution in [0.15, 0.2) is 82.2 Å². The van der Waals surface area contributed by atoms with Crippen LogP contribution in [0, 0.1) is 12.7 Å². The topological polar surface area (TPSA) is 164 Å². The minimum atomic E-state index is -1.16. The molecule has 0 fully saturated rings. The lowest BCUT2D eigenvalue weighted by molar-refractivity contribution is -0.111. The van der Waals surface area contributed by atoms with Crippen molar-refractivity contribution in [2.75, 3.05) is 24.9 Å². The number of methoxy groups -OCH3 is 2. The number of nitrogens with zero attached hydrogens (tertiary/aromatic N) is 1. The Morgan fingerprint density at radius 3 is 2.10 bits per heavy atom. The highest BCUT2D eigenvalue weighted by atomic mass is 32.1. The number of thiazole rings is 1. The van der Waals surface area contributed by atoms with Crippen LogP contribution in [-0.2, 0) is 4.79 Å². The van der Waals surface area contributed by atoms with Crippen molar-refractivity contribution in [3.8, 4) is 32.5 Å². The zero-order chi connectivity index (χ0) is 37.4. The van der Waals surface area contributed by atoms with Gasteiger partial charge in [-0.05, 0) is 60.3 Å². The van der Waals surface area contributed by atoms with E-state index in [1.54, 1.807) is 42.1 Å². The maximum absolute atomic E-state index is 13.2. The molecule has 266 valence electrons. The Kier molecular flexibility index (Phi) is 12.3. The van der Waals surface area contributed by atoms with Gasteiger partial charge in [0.15, 0.2) is 11.5 Å². The van der Waals surface area contributed by atoms with Gasteiger partial charge in [0.1, 0.15) is 32.0 Å². The van der Waals surface area contributed by atoms with Crippen LogP contribution in [0.2, 0.25) is 0 Å². The molecular weight excluding hydrogens is 750 g/mol. The van der Waals surface area contributed by atoms with E-state index in [-0.39, 0.29) is 21.7 Å². The van der Waals surface area contributed by atoms with Crippen LogP contribution in [0.5, 0.6) is 11.5 Å². The number of amides is 2. The molecule has 2 aromatic carbocycles. The normalized spacial score (nSPS) is 10.7. The molecule has 0 aliphatic carbocycles. The van der Waals surface area contributed by atoms with Crippen molar-refractivity contribution in [2.45, 2.75) is 6.92 Å². The number of aryl methyl sites for hydroxylation is 1. The van der Waals surface area contributed by atoms with E-state index < -0.39 is 29.6 Å². The van der Waals surface area contributed by atoms with Crippen LogP contribution in [0.4, 0.5) is 14.4 Å². The second-order valence-electron chi connectivity index (χ2n) is 10.5. The molecule has 0 spiro atoms. The van der Waals surface area contributed by atoms with E-state index in [9.17, 15) is 33.8 Å². The molecule has 11 nitrogen and oxygen atoms in total. The van der Waals surface area contributed by atoms with Crippen LogP contribution in [0.3, 0.4) is 0 Å². The molecule has 4 aromatic heterocycles. The number of hydrogen-bond acceptors (Lipinski definition) is 11. The Balaban J connectivity index is 0.000000203.